The van der Waals surface area contributed by atoms with Crippen molar-refractivity contribution in [1.29, 1.82) is 0 Å². The second-order valence-corrected chi connectivity index (χ2v) is 5.24. The number of hydrogen-bond acceptors (Lipinski definition) is 3. The number of nitrogens with one attached hydrogen (secondary N) is 1. The fraction of sp³-hybridized carbons (Fsp3) is 0.176. The quantitative estimate of drug-likeness (QED) is 0.677. The van der Waals surface area contributed by atoms with Crippen LogP contribution in [-0.2, 0) is 4.79 Å². The highest BCUT2D eigenvalue weighted by Crippen LogP contribution is 2.14. The molecule has 0 aliphatic heterocycles. The van der Waals surface area contributed by atoms with E-state index in [-0.39, 0.29) is 5.91 Å². The minimum absolute atomic E-state index is 0.329. The zero-order chi connectivity index (χ0) is 15.9. The Hall–Kier alpha value is -2.33. The van der Waals surface area contributed by atoms with Crippen molar-refractivity contribution < 1.29 is 9.53 Å². The Morgan fingerprint density at radius 2 is 2.05 bits per heavy atom. The average molecular weight is 317 g/mol. The zero-order valence-electron chi connectivity index (χ0n) is 12.4. The maximum Gasteiger partial charge on any atom is 0.280 e. The van der Waals surface area contributed by atoms with Gasteiger partial charge in [0, 0.05) is 10.6 Å². The van der Waals surface area contributed by atoms with Gasteiger partial charge in [-0.1, -0.05) is 41.9 Å². The summed E-state index contributed by atoms with van der Waals surface area (Å²) in [6, 6.07) is 14.8. The number of amides is 1. The van der Waals surface area contributed by atoms with E-state index in [1.54, 1.807) is 13.0 Å². The average Bonchev–Trinajstić information content (AvgIpc) is 2.49. The number of aryl methyl sites for hydroxylation is 1. The Morgan fingerprint density at radius 3 is 2.77 bits per heavy atom. The Balaban J connectivity index is 1.90. The van der Waals surface area contributed by atoms with Gasteiger partial charge in [0.1, 0.15) is 5.75 Å². The molecule has 0 saturated heterocycles. The van der Waals surface area contributed by atoms with Crippen LogP contribution in [0.3, 0.4) is 0 Å². The van der Waals surface area contributed by atoms with Gasteiger partial charge < -0.3 is 4.74 Å². The summed E-state index contributed by atoms with van der Waals surface area (Å²) in [5, 5.41) is 4.47. The molecule has 114 valence electrons. The molecule has 4 nitrogen and oxygen atoms in total. The van der Waals surface area contributed by atoms with Gasteiger partial charge >= 0.3 is 0 Å². The number of carbonyl (C=O) groups excluding carboxylic acids is 1. The van der Waals surface area contributed by atoms with Gasteiger partial charge in [0.25, 0.3) is 5.91 Å². The molecule has 1 N–H and O–H groups in total. The molecular formula is C17H17ClN2O2. The van der Waals surface area contributed by atoms with Gasteiger partial charge in [-0.05, 0) is 37.6 Å². The third-order valence-corrected chi connectivity index (χ3v) is 3.30. The molecule has 0 fully saturated rings. The van der Waals surface area contributed by atoms with Crippen molar-refractivity contribution in [3.05, 3.63) is 64.7 Å². The lowest BCUT2D eigenvalue weighted by atomic mass is 10.2. The van der Waals surface area contributed by atoms with Gasteiger partial charge in [-0.3, -0.25) is 4.79 Å². The standard InChI is InChI=1S/C17H17ClN2O2/c1-12-6-5-8-15(10-12)22-13(2)17(21)20-19-11-14-7-3-4-9-16(14)18/h3-11,13H,1-2H3,(H,20,21)/b19-11-/t13-/m0/s1. The number of hydrogen-bond donors (Lipinski definition) is 1. The van der Waals surface area contributed by atoms with Crippen LogP contribution in [0.25, 0.3) is 0 Å². The Morgan fingerprint density at radius 1 is 1.27 bits per heavy atom. The van der Waals surface area contributed by atoms with Crippen LogP contribution in [0.5, 0.6) is 5.75 Å². The van der Waals surface area contributed by atoms with E-state index in [1.165, 1.54) is 6.21 Å². The van der Waals surface area contributed by atoms with Crippen molar-refractivity contribution in [3.8, 4) is 5.75 Å². The summed E-state index contributed by atoms with van der Waals surface area (Å²) in [5.74, 6) is 0.322. The number of halogens is 1. The molecule has 1 atom stereocenters. The number of nitrogens with zero attached hydrogens (tertiary/aromatic N) is 1. The molecule has 0 aliphatic carbocycles. The number of ether oxygens (including phenoxy) is 1. The van der Waals surface area contributed by atoms with Gasteiger partial charge in [-0.2, -0.15) is 5.10 Å². The molecule has 0 aliphatic rings. The number of hydrazone groups is 1. The first kappa shape index (κ1) is 16.0. The van der Waals surface area contributed by atoms with E-state index < -0.39 is 6.10 Å². The highest BCUT2D eigenvalue weighted by atomic mass is 35.5. The highest BCUT2D eigenvalue weighted by molar-refractivity contribution is 6.33. The summed E-state index contributed by atoms with van der Waals surface area (Å²) < 4.78 is 5.57. The molecule has 0 unspecified atom stereocenters. The molecule has 2 aromatic rings. The molecular weight excluding hydrogens is 300 g/mol. The molecule has 22 heavy (non-hydrogen) atoms. The van der Waals surface area contributed by atoms with Crippen molar-refractivity contribution in [2.24, 2.45) is 5.10 Å². The third kappa shape index (κ3) is 4.60. The van der Waals surface area contributed by atoms with Crippen molar-refractivity contribution in [3.63, 3.8) is 0 Å². The topological polar surface area (TPSA) is 50.7 Å². The summed E-state index contributed by atoms with van der Waals surface area (Å²) in [4.78, 5) is 11.9. The molecule has 2 aromatic carbocycles. The van der Waals surface area contributed by atoms with E-state index >= 15 is 0 Å². The van der Waals surface area contributed by atoms with E-state index in [1.807, 2.05) is 49.4 Å². The van der Waals surface area contributed by atoms with E-state index in [0.717, 1.165) is 11.1 Å². The van der Waals surface area contributed by atoms with E-state index in [9.17, 15) is 4.79 Å². The predicted octanol–water partition coefficient (Wildman–Crippen LogP) is 3.57. The van der Waals surface area contributed by atoms with Crippen molar-refractivity contribution in [2.75, 3.05) is 0 Å². The van der Waals surface area contributed by atoms with Gasteiger partial charge in [-0.25, -0.2) is 5.43 Å². The summed E-state index contributed by atoms with van der Waals surface area (Å²) in [6.07, 6.45) is 0.852. The van der Waals surface area contributed by atoms with Gasteiger partial charge in [-0.15, -0.1) is 0 Å². The maximum absolute atomic E-state index is 11.9. The third-order valence-electron chi connectivity index (χ3n) is 2.96. The minimum atomic E-state index is -0.648. The van der Waals surface area contributed by atoms with Crippen LogP contribution in [0, 0.1) is 6.92 Å². The molecule has 1 amide bonds. The number of benzene rings is 2. The molecule has 0 saturated carbocycles. The second-order valence-electron chi connectivity index (χ2n) is 4.83. The lowest BCUT2D eigenvalue weighted by Crippen LogP contribution is -2.33. The van der Waals surface area contributed by atoms with Crippen LogP contribution in [0.1, 0.15) is 18.1 Å². The molecule has 0 aromatic heterocycles. The summed E-state index contributed by atoms with van der Waals surface area (Å²) in [5.41, 5.74) is 4.24. The minimum Gasteiger partial charge on any atom is -0.481 e. The van der Waals surface area contributed by atoms with Gasteiger partial charge in [0.15, 0.2) is 6.10 Å². The number of rotatable bonds is 5. The fourth-order valence-corrected chi connectivity index (χ4v) is 1.97. The van der Waals surface area contributed by atoms with Crippen LogP contribution >= 0.6 is 11.6 Å². The smallest absolute Gasteiger partial charge is 0.280 e. The monoisotopic (exact) mass is 316 g/mol. The molecule has 0 heterocycles. The van der Waals surface area contributed by atoms with Crippen molar-refractivity contribution in [1.82, 2.24) is 5.43 Å². The molecule has 5 heteroatoms. The Kier molecular flexibility index (Phi) is 5.55. The maximum atomic E-state index is 11.9. The first-order chi connectivity index (χ1) is 10.6. The van der Waals surface area contributed by atoms with Crippen molar-refractivity contribution >= 4 is 23.7 Å². The summed E-state index contributed by atoms with van der Waals surface area (Å²) in [6.45, 7) is 3.63. The lowest BCUT2D eigenvalue weighted by Gasteiger charge is -2.13. The zero-order valence-corrected chi connectivity index (χ0v) is 13.2. The van der Waals surface area contributed by atoms with Crippen LogP contribution in [0.2, 0.25) is 5.02 Å². The predicted molar refractivity (Wildman–Crippen MR) is 88.5 cm³/mol. The van der Waals surface area contributed by atoms with Crippen LogP contribution in [-0.4, -0.2) is 18.2 Å². The largest absolute Gasteiger partial charge is 0.481 e. The van der Waals surface area contributed by atoms with Crippen LogP contribution < -0.4 is 10.2 Å². The van der Waals surface area contributed by atoms with Gasteiger partial charge in [0.2, 0.25) is 0 Å². The molecule has 2 rings (SSSR count). The second kappa shape index (κ2) is 7.61. The summed E-state index contributed by atoms with van der Waals surface area (Å²) in [7, 11) is 0. The van der Waals surface area contributed by atoms with Crippen LogP contribution in [0.4, 0.5) is 0 Å². The SMILES string of the molecule is Cc1cccc(O[C@@H](C)C(=O)N/N=C\c2ccccc2Cl)c1. The number of carbonyl (C=O) groups is 1. The fourth-order valence-electron chi connectivity index (χ4n) is 1.78. The lowest BCUT2D eigenvalue weighted by molar-refractivity contribution is -0.127. The van der Waals surface area contributed by atoms with E-state index in [4.69, 9.17) is 16.3 Å². The Labute approximate surface area is 134 Å². The highest BCUT2D eigenvalue weighted by Gasteiger charge is 2.13. The molecule has 0 spiro atoms. The normalized spacial score (nSPS) is 12.1. The summed E-state index contributed by atoms with van der Waals surface area (Å²) >= 11 is 6.00. The molecule has 0 radical (unpaired) electrons. The first-order valence-corrected chi connectivity index (χ1v) is 7.25. The first-order valence-electron chi connectivity index (χ1n) is 6.87. The van der Waals surface area contributed by atoms with E-state index in [0.29, 0.717) is 10.8 Å². The molecule has 0 bridgehead atoms. The Bertz CT molecular complexity index is 686. The van der Waals surface area contributed by atoms with Crippen LogP contribution in [0.15, 0.2) is 53.6 Å². The van der Waals surface area contributed by atoms with Gasteiger partial charge in [0.05, 0.1) is 6.21 Å². The van der Waals surface area contributed by atoms with E-state index in [2.05, 4.69) is 10.5 Å². The van der Waals surface area contributed by atoms with Crippen molar-refractivity contribution in [2.45, 2.75) is 20.0 Å².